The predicted molar refractivity (Wildman–Crippen MR) is 176 cm³/mol. The van der Waals surface area contributed by atoms with Crippen LogP contribution in [-0.4, -0.2) is 14.1 Å². The summed E-state index contributed by atoms with van der Waals surface area (Å²) in [5.41, 5.74) is 10.6. The molecule has 0 radical (unpaired) electrons. The minimum absolute atomic E-state index is 1.00. The molecule has 0 aliphatic carbocycles. The van der Waals surface area contributed by atoms with Crippen LogP contribution in [0.25, 0.3) is 77.0 Å². The molecular weight excluding hydrogens is 510 g/mol. The molecule has 9 aromatic rings. The van der Waals surface area contributed by atoms with Crippen molar-refractivity contribution in [3.05, 3.63) is 152 Å². The van der Waals surface area contributed by atoms with Gasteiger partial charge in [0, 0.05) is 38.8 Å². The molecule has 0 N–H and O–H groups in total. The zero-order chi connectivity index (χ0) is 27.6. The summed E-state index contributed by atoms with van der Waals surface area (Å²) in [5.74, 6) is 0. The van der Waals surface area contributed by atoms with E-state index in [1.165, 1.54) is 60.4 Å². The van der Waals surface area contributed by atoms with Gasteiger partial charge in [-0.2, -0.15) is 0 Å². The molecule has 3 nitrogen and oxygen atoms in total. The monoisotopic (exact) mass is 535 g/mol. The molecule has 3 heteroatoms. The van der Waals surface area contributed by atoms with Crippen molar-refractivity contribution in [2.45, 2.75) is 0 Å². The second-order valence-corrected chi connectivity index (χ2v) is 10.9. The molecule has 0 spiro atoms. The maximum atomic E-state index is 4.62. The number of hydrogen-bond acceptors (Lipinski definition) is 1. The average molecular weight is 536 g/mol. The lowest BCUT2D eigenvalue weighted by Crippen LogP contribution is -1.95. The van der Waals surface area contributed by atoms with Gasteiger partial charge in [-0.3, -0.25) is 4.98 Å². The summed E-state index contributed by atoms with van der Waals surface area (Å²) >= 11 is 0. The summed E-state index contributed by atoms with van der Waals surface area (Å²) in [5, 5.41) is 6.16. The Morgan fingerprint density at radius 1 is 0.381 bits per heavy atom. The maximum absolute atomic E-state index is 4.62. The van der Waals surface area contributed by atoms with E-state index in [4.69, 9.17) is 0 Å². The molecule has 0 fully saturated rings. The Balaban J connectivity index is 1.28. The van der Waals surface area contributed by atoms with Gasteiger partial charge in [0.1, 0.15) is 0 Å². The van der Waals surface area contributed by atoms with Crippen LogP contribution in [0.5, 0.6) is 0 Å². The minimum Gasteiger partial charge on any atom is -0.309 e. The first-order chi connectivity index (χ1) is 20.8. The normalized spacial score (nSPS) is 11.8. The number of para-hydroxylation sites is 3. The summed E-state index contributed by atoms with van der Waals surface area (Å²) in [4.78, 5) is 4.62. The van der Waals surface area contributed by atoms with Crippen molar-refractivity contribution in [3.63, 3.8) is 0 Å². The molecule has 0 aliphatic rings. The van der Waals surface area contributed by atoms with Crippen LogP contribution in [0.2, 0.25) is 0 Å². The van der Waals surface area contributed by atoms with E-state index in [2.05, 4.69) is 154 Å². The van der Waals surface area contributed by atoms with E-state index in [9.17, 15) is 0 Å². The number of nitrogens with zero attached hydrogens (tertiary/aromatic N) is 3. The van der Waals surface area contributed by atoms with Crippen molar-refractivity contribution in [1.29, 1.82) is 0 Å². The molecule has 196 valence electrons. The molecule has 0 saturated heterocycles. The summed E-state index contributed by atoms with van der Waals surface area (Å²) in [6, 6.07) is 52.4. The lowest BCUT2D eigenvalue weighted by Gasteiger charge is -2.11. The molecule has 0 unspecified atom stereocenters. The molecule has 6 aromatic carbocycles. The van der Waals surface area contributed by atoms with Crippen LogP contribution >= 0.6 is 0 Å². The Kier molecular flexibility index (Phi) is 4.90. The smallest absolute Gasteiger partial charge is 0.0723 e. The minimum atomic E-state index is 1.00. The molecular formula is C39H25N3. The number of aromatic nitrogens is 3. The van der Waals surface area contributed by atoms with Crippen molar-refractivity contribution in [2.24, 2.45) is 0 Å². The van der Waals surface area contributed by atoms with E-state index < -0.39 is 0 Å². The van der Waals surface area contributed by atoms with Crippen LogP contribution in [0.3, 0.4) is 0 Å². The zero-order valence-electron chi connectivity index (χ0n) is 22.8. The van der Waals surface area contributed by atoms with Crippen molar-refractivity contribution >= 4 is 54.5 Å². The molecule has 3 aromatic heterocycles. The number of pyridine rings is 1. The van der Waals surface area contributed by atoms with Crippen LogP contribution in [0, 0.1) is 0 Å². The number of fused-ring (bicyclic) bond motifs is 7. The Labute approximate surface area is 242 Å². The van der Waals surface area contributed by atoms with Crippen molar-refractivity contribution < 1.29 is 0 Å². The topological polar surface area (TPSA) is 22.8 Å². The summed E-state index contributed by atoms with van der Waals surface area (Å²) in [6.45, 7) is 0. The first-order valence-corrected chi connectivity index (χ1v) is 14.3. The third-order valence-electron chi connectivity index (χ3n) is 8.56. The zero-order valence-corrected chi connectivity index (χ0v) is 22.8. The van der Waals surface area contributed by atoms with E-state index in [-0.39, 0.29) is 0 Å². The summed E-state index contributed by atoms with van der Waals surface area (Å²) in [7, 11) is 0. The van der Waals surface area contributed by atoms with Crippen LogP contribution in [0.4, 0.5) is 0 Å². The Morgan fingerprint density at radius 2 is 0.952 bits per heavy atom. The van der Waals surface area contributed by atoms with Crippen molar-refractivity contribution in [1.82, 2.24) is 14.1 Å². The van der Waals surface area contributed by atoms with E-state index in [1.54, 1.807) is 0 Å². The maximum Gasteiger partial charge on any atom is 0.0723 e. The molecule has 3 heterocycles. The average Bonchev–Trinajstić information content (AvgIpc) is 3.57. The first-order valence-electron chi connectivity index (χ1n) is 14.3. The highest BCUT2D eigenvalue weighted by atomic mass is 15.0. The van der Waals surface area contributed by atoms with Gasteiger partial charge >= 0.3 is 0 Å². The van der Waals surface area contributed by atoms with E-state index in [1.807, 2.05) is 12.3 Å². The van der Waals surface area contributed by atoms with E-state index in [0.717, 1.165) is 16.6 Å². The molecule has 9 rings (SSSR count). The standard InChI is InChI=1S/C39H25N3/c1-2-10-28(11-3-1)41-35-16-6-4-12-29(35)32-24-26(19-21-38(32)41)27-20-22-39-33(25-27)30-13-5-7-17-36(30)42(39)37-18-8-15-34-31(37)14-9-23-40-34/h1-25H. The van der Waals surface area contributed by atoms with Crippen LogP contribution < -0.4 is 0 Å². The fraction of sp³-hybridized carbons (Fsp3) is 0. The van der Waals surface area contributed by atoms with Gasteiger partial charge in [-0.25, -0.2) is 0 Å². The number of benzene rings is 6. The lowest BCUT2D eigenvalue weighted by molar-refractivity contribution is 1.18. The molecule has 0 saturated carbocycles. The fourth-order valence-corrected chi connectivity index (χ4v) is 6.70. The molecule has 0 atom stereocenters. The van der Waals surface area contributed by atoms with Gasteiger partial charge in [0.25, 0.3) is 0 Å². The van der Waals surface area contributed by atoms with Gasteiger partial charge in [-0.1, -0.05) is 72.8 Å². The first kappa shape index (κ1) is 23.1. The van der Waals surface area contributed by atoms with Gasteiger partial charge in [0.05, 0.1) is 33.3 Å². The quantitative estimate of drug-likeness (QED) is 0.221. The highest BCUT2D eigenvalue weighted by Gasteiger charge is 2.16. The molecule has 0 aliphatic heterocycles. The Morgan fingerprint density at radius 3 is 1.67 bits per heavy atom. The largest absolute Gasteiger partial charge is 0.309 e. The van der Waals surface area contributed by atoms with Crippen LogP contribution in [0.15, 0.2) is 152 Å². The van der Waals surface area contributed by atoms with Gasteiger partial charge in [-0.05, 0) is 83.9 Å². The van der Waals surface area contributed by atoms with Crippen LogP contribution in [0.1, 0.15) is 0 Å². The third kappa shape index (κ3) is 3.31. The Hall–Kier alpha value is -5.67. The second-order valence-electron chi connectivity index (χ2n) is 10.9. The van der Waals surface area contributed by atoms with Gasteiger partial charge < -0.3 is 9.13 Å². The van der Waals surface area contributed by atoms with Gasteiger partial charge in [0.15, 0.2) is 0 Å². The van der Waals surface area contributed by atoms with Gasteiger partial charge in [0.2, 0.25) is 0 Å². The highest BCUT2D eigenvalue weighted by Crippen LogP contribution is 2.38. The predicted octanol–water partition coefficient (Wildman–Crippen LogP) is 10.1. The van der Waals surface area contributed by atoms with E-state index >= 15 is 0 Å². The molecule has 42 heavy (non-hydrogen) atoms. The molecule has 0 bridgehead atoms. The summed E-state index contributed by atoms with van der Waals surface area (Å²) < 4.78 is 4.75. The third-order valence-corrected chi connectivity index (χ3v) is 8.56. The van der Waals surface area contributed by atoms with Crippen molar-refractivity contribution in [3.8, 4) is 22.5 Å². The second kappa shape index (κ2) is 8.92. The fourth-order valence-electron chi connectivity index (χ4n) is 6.70. The number of hydrogen-bond donors (Lipinski definition) is 0. The lowest BCUT2D eigenvalue weighted by atomic mass is 10.0. The SMILES string of the molecule is c1ccc(-n2c3ccccc3c3cc(-c4ccc5c(c4)c4ccccc4n5-c4cccc5ncccc45)ccc32)cc1. The Bertz CT molecular complexity index is 2460. The molecule has 0 amide bonds. The van der Waals surface area contributed by atoms with Crippen molar-refractivity contribution in [2.75, 3.05) is 0 Å². The summed E-state index contributed by atoms with van der Waals surface area (Å²) in [6.07, 6.45) is 1.86. The van der Waals surface area contributed by atoms with Crippen LogP contribution in [-0.2, 0) is 0 Å². The van der Waals surface area contributed by atoms with E-state index in [0.29, 0.717) is 0 Å². The van der Waals surface area contributed by atoms with Gasteiger partial charge in [-0.15, -0.1) is 0 Å². The number of rotatable bonds is 3. The highest BCUT2D eigenvalue weighted by molar-refractivity contribution is 6.13.